The summed E-state index contributed by atoms with van der Waals surface area (Å²) in [5, 5.41) is 13.1. The Labute approximate surface area is 140 Å². The summed E-state index contributed by atoms with van der Waals surface area (Å²) in [6.45, 7) is 1.92. The third kappa shape index (κ3) is 3.60. The zero-order valence-electron chi connectivity index (χ0n) is 13.5. The lowest BCUT2D eigenvalue weighted by atomic mass is 10.2. The van der Waals surface area contributed by atoms with Gasteiger partial charge in [0.05, 0.1) is 11.7 Å². The van der Waals surface area contributed by atoms with E-state index in [0.717, 1.165) is 5.69 Å². The molecule has 24 heavy (non-hydrogen) atoms. The average molecular weight is 328 g/mol. The number of nitrogens with zero attached hydrogens (tertiary/aromatic N) is 5. The maximum atomic E-state index is 12.6. The highest BCUT2D eigenvalue weighted by atomic mass is 16.3. The number of aliphatic hydroxyl groups is 1. The van der Waals surface area contributed by atoms with Crippen molar-refractivity contribution in [3.8, 4) is 0 Å². The minimum Gasteiger partial charge on any atom is -0.389 e. The van der Waals surface area contributed by atoms with Crippen LogP contribution in [0.2, 0.25) is 0 Å². The molecule has 3 heterocycles. The molecule has 3 rings (SSSR count). The van der Waals surface area contributed by atoms with Gasteiger partial charge in [0.15, 0.2) is 0 Å². The van der Waals surface area contributed by atoms with Gasteiger partial charge < -0.3 is 20.2 Å². The van der Waals surface area contributed by atoms with Crippen molar-refractivity contribution in [3.05, 3.63) is 42.5 Å². The molecule has 2 aromatic heterocycles. The number of carbonyl (C=O) groups excluding carboxylic acids is 1. The quantitative estimate of drug-likeness (QED) is 0.833. The first-order valence-electron chi connectivity index (χ1n) is 7.79. The predicted octanol–water partition coefficient (Wildman–Crippen LogP) is 0.237. The summed E-state index contributed by atoms with van der Waals surface area (Å²) in [5.74, 6) is 0.291. The lowest BCUT2D eigenvalue weighted by Gasteiger charge is -2.23. The number of hydrogen-bond acceptors (Lipinski definition) is 7. The molecular formula is C16H20N6O2. The second-order valence-corrected chi connectivity index (χ2v) is 5.60. The third-order valence-electron chi connectivity index (χ3n) is 3.94. The van der Waals surface area contributed by atoms with Gasteiger partial charge in [-0.3, -0.25) is 9.78 Å². The third-order valence-corrected chi connectivity index (χ3v) is 3.94. The zero-order chi connectivity index (χ0) is 16.9. The molecule has 0 bridgehead atoms. The molecule has 0 aliphatic carbocycles. The molecule has 0 aromatic carbocycles. The van der Waals surface area contributed by atoms with Crippen molar-refractivity contribution in [1.82, 2.24) is 19.9 Å². The van der Waals surface area contributed by atoms with Gasteiger partial charge in [-0.1, -0.05) is 0 Å². The van der Waals surface area contributed by atoms with Crippen molar-refractivity contribution in [2.75, 3.05) is 43.4 Å². The SMILES string of the molecule is CNc1ncc(C(=O)N2CCN(c3ccncc3)CC(O)C2)cn1. The zero-order valence-corrected chi connectivity index (χ0v) is 13.5. The number of pyridine rings is 1. The normalized spacial score (nSPS) is 18.2. The van der Waals surface area contributed by atoms with Crippen molar-refractivity contribution >= 4 is 17.5 Å². The second-order valence-electron chi connectivity index (χ2n) is 5.60. The van der Waals surface area contributed by atoms with Crippen LogP contribution in [0.5, 0.6) is 0 Å². The number of aliphatic hydroxyl groups excluding tert-OH is 1. The number of anilines is 2. The number of amides is 1. The minimum absolute atomic E-state index is 0.173. The largest absolute Gasteiger partial charge is 0.389 e. The van der Waals surface area contributed by atoms with E-state index in [1.54, 1.807) is 24.3 Å². The standard InChI is InChI=1S/C16H20N6O2/c1-17-16-19-8-12(9-20-16)15(24)22-7-6-21(10-14(23)11-22)13-2-4-18-5-3-13/h2-5,8-9,14,23H,6-7,10-11H2,1H3,(H,17,19,20). The highest BCUT2D eigenvalue weighted by Gasteiger charge is 2.25. The molecule has 8 heteroatoms. The van der Waals surface area contributed by atoms with E-state index in [2.05, 4.69) is 25.2 Å². The maximum absolute atomic E-state index is 12.6. The Morgan fingerprint density at radius 3 is 2.58 bits per heavy atom. The summed E-state index contributed by atoms with van der Waals surface area (Å²) >= 11 is 0. The van der Waals surface area contributed by atoms with Crippen LogP contribution in [0, 0.1) is 0 Å². The van der Waals surface area contributed by atoms with E-state index < -0.39 is 6.10 Å². The Bertz CT molecular complexity index is 679. The van der Waals surface area contributed by atoms with Crippen molar-refractivity contribution in [1.29, 1.82) is 0 Å². The Balaban J connectivity index is 1.71. The van der Waals surface area contributed by atoms with E-state index in [1.165, 1.54) is 12.4 Å². The van der Waals surface area contributed by atoms with E-state index in [1.807, 2.05) is 12.1 Å². The molecule has 0 spiro atoms. The number of aromatic nitrogens is 3. The topological polar surface area (TPSA) is 94.5 Å². The summed E-state index contributed by atoms with van der Waals surface area (Å²) < 4.78 is 0. The molecule has 1 fully saturated rings. The van der Waals surface area contributed by atoms with Gasteiger partial charge in [-0.25, -0.2) is 9.97 Å². The van der Waals surface area contributed by atoms with E-state index >= 15 is 0 Å². The van der Waals surface area contributed by atoms with Gasteiger partial charge in [-0.05, 0) is 12.1 Å². The first kappa shape index (κ1) is 16.1. The summed E-state index contributed by atoms with van der Waals surface area (Å²) in [4.78, 5) is 28.5. The van der Waals surface area contributed by atoms with Crippen molar-refractivity contribution in [2.45, 2.75) is 6.10 Å². The molecule has 0 saturated carbocycles. The number of carbonyl (C=O) groups is 1. The number of rotatable bonds is 3. The highest BCUT2D eigenvalue weighted by molar-refractivity contribution is 5.93. The fourth-order valence-electron chi connectivity index (χ4n) is 2.71. The summed E-state index contributed by atoms with van der Waals surface area (Å²) in [5.41, 5.74) is 1.40. The highest BCUT2D eigenvalue weighted by Crippen LogP contribution is 2.16. The average Bonchev–Trinajstić information content (AvgIpc) is 2.83. The summed E-state index contributed by atoms with van der Waals surface area (Å²) in [6.07, 6.45) is 5.81. The van der Waals surface area contributed by atoms with Crippen LogP contribution in [0.1, 0.15) is 10.4 Å². The maximum Gasteiger partial charge on any atom is 0.257 e. The molecule has 0 radical (unpaired) electrons. The first-order valence-corrected chi connectivity index (χ1v) is 7.79. The number of hydrogen-bond donors (Lipinski definition) is 2. The summed E-state index contributed by atoms with van der Waals surface area (Å²) in [7, 11) is 1.72. The van der Waals surface area contributed by atoms with Gasteiger partial charge in [0.2, 0.25) is 5.95 Å². The van der Waals surface area contributed by atoms with E-state index in [4.69, 9.17) is 0 Å². The van der Waals surface area contributed by atoms with Crippen LogP contribution in [0.4, 0.5) is 11.6 Å². The van der Waals surface area contributed by atoms with Crippen LogP contribution in [-0.2, 0) is 0 Å². The van der Waals surface area contributed by atoms with Crippen LogP contribution < -0.4 is 10.2 Å². The van der Waals surface area contributed by atoms with Gasteiger partial charge in [-0.15, -0.1) is 0 Å². The fourth-order valence-corrected chi connectivity index (χ4v) is 2.71. The van der Waals surface area contributed by atoms with Gasteiger partial charge in [0.1, 0.15) is 0 Å². The molecule has 2 aromatic rings. The Morgan fingerprint density at radius 1 is 1.21 bits per heavy atom. The van der Waals surface area contributed by atoms with Crippen LogP contribution in [0.15, 0.2) is 36.9 Å². The molecule has 126 valence electrons. The van der Waals surface area contributed by atoms with E-state index in [-0.39, 0.29) is 12.5 Å². The van der Waals surface area contributed by atoms with Crippen LogP contribution in [0.25, 0.3) is 0 Å². The smallest absolute Gasteiger partial charge is 0.257 e. The fraction of sp³-hybridized carbons (Fsp3) is 0.375. The van der Waals surface area contributed by atoms with E-state index in [0.29, 0.717) is 31.1 Å². The number of β-amino-alcohol motifs (C(OH)–C–C–N with tert-alkyl or cyclic N) is 1. The molecule has 1 amide bonds. The van der Waals surface area contributed by atoms with E-state index in [9.17, 15) is 9.90 Å². The van der Waals surface area contributed by atoms with Crippen molar-refractivity contribution < 1.29 is 9.90 Å². The Hall–Kier alpha value is -2.74. The molecule has 1 unspecified atom stereocenters. The van der Waals surface area contributed by atoms with Crippen molar-refractivity contribution in [3.63, 3.8) is 0 Å². The van der Waals surface area contributed by atoms with Crippen LogP contribution in [-0.4, -0.2) is 70.2 Å². The summed E-state index contributed by atoms with van der Waals surface area (Å²) in [6, 6.07) is 3.79. The first-order chi connectivity index (χ1) is 11.7. The Kier molecular flexibility index (Phi) is 4.85. The second kappa shape index (κ2) is 7.22. The van der Waals surface area contributed by atoms with Gasteiger partial charge in [0, 0.05) is 63.7 Å². The van der Waals surface area contributed by atoms with Gasteiger partial charge >= 0.3 is 0 Å². The van der Waals surface area contributed by atoms with Gasteiger partial charge in [-0.2, -0.15) is 0 Å². The van der Waals surface area contributed by atoms with Gasteiger partial charge in [0.25, 0.3) is 5.91 Å². The molecule has 8 nitrogen and oxygen atoms in total. The molecular weight excluding hydrogens is 308 g/mol. The predicted molar refractivity (Wildman–Crippen MR) is 89.9 cm³/mol. The minimum atomic E-state index is -0.623. The monoisotopic (exact) mass is 328 g/mol. The molecule has 1 aliphatic heterocycles. The van der Waals surface area contributed by atoms with Crippen LogP contribution in [0.3, 0.4) is 0 Å². The molecule has 2 N–H and O–H groups in total. The molecule has 1 atom stereocenters. The molecule has 1 saturated heterocycles. The molecule has 1 aliphatic rings. The number of nitrogens with one attached hydrogen (secondary N) is 1. The Morgan fingerprint density at radius 2 is 1.92 bits per heavy atom. The van der Waals surface area contributed by atoms with Crippen LogP contribution >= 0.6 is 0 Å². The lowest BCUT2D eigenvalue weighted by molar-refractivity contribution is 0.0673. The van der Waals surface area contributed by atoms with Crippen molar-refractivity contribution in [2.24, 2.45) is 0 Å². The lowest BCUT2D eigenvalue weighted by Crippen LogP contribution is -2.37.